The van der Waals surface area contributed by atoms with Gasteiger partial charge in [0.05, 0.1) is 5.69 Å². The number of phenolic OH excluding ortho intramolecular Hbond substituents is 1. The van der Waals surface area contributed by atoms with E-state index in [2.05, 4.69) is 0 Å². The predicted octanol–water partition coefficient (Wildman–Crippen LogP) is 4.87. The Kier molecular flexibility index (Phi) is 5.36. The highest BCUT2D eigenvalue weighted by Gasteiger charge is 2.29. The molecule has 0 atom stereocenters. The third-order valence-corrected chi connectivity index (χ3v) is 4.48. The summed E-state index contributed by atoms with van der Waals surface area (Å²) in [6.45, 7) is 0.233. The molecule has 1 N–H and O–H groups in total. The van der Waals surface area contributed by atoms with Gasteiger partial charge in [0.25, 0.3) is 0 Å². The van der Waals surface area contributed by atoms with Gasteiger partial charge < -0.3 is 9.84 Å². The first kappa shape index (κ1) is 16.4. The van der Waals surface area contributed by atoms with Crippen LogP contribution in [-0.2, 0) is 11.3 Å². The molecular weight excluding hydrogens is 302 g/mol. The van der Waals surface area contributed by atoms with Gasteiger partial charge in [-0.15, -0.1) is 0 Å². The van der Waals surface area contributed by atoms with Gasteiger partial charge in [0.2, 0.25) is 0 Å². The molecule has 4 heteroatoms. The summed E-state index contributed by atoms with van der Waals surface area (Å²) in [5, 5.41) is 10.2. The second-order valence-electron chi connectivity index (χ2n) is 6.19. The molecule has 4 nitrogen and oxygen atoms in total. The van der Waals surface area contributed by atoms with Gasteiger partial charge in [0.15, 0.2) is 0 Å². The van der Waals surface area contributed by atoms with Crippen molar-refractivity contribution < 1.29 is 14.6 Å². The highest BCUT2D eigenvalue weighted by atomic mass is 16.6. The zero-order valence-corrected chi connectivity index (χ0v) is 13.7. The van der Waals surface area contributed by atoms with E-state index < -0.39 is 6.09 Å². The Morgan fingerprint density at radius 3 is 2.38 bits per heavy atom. The molecule has 0 spiro atoms. The fourth-order valence-corrected chi connectivity index (χ4v) is 3.24. The number of rotatable bonds is 4. The normalized spacial score (nSPS) is 15.0. The zero-order valence-electron chi connectivity index (χ0n) is 13.7. The summed E-state index contributed by atoms with van der Waals surface area (Å²) in [5.74, 6) is 0.111. The van der Waals surface area contributed by atoms with Crippen molar-refractivity contribution in [1.82, 2.24) is 0 Å². The van der Waals surface area contributed by atoms with E-state index in [-0.39, 0.29) is 18.4 Å². The molecule has 1 saturated carbocycles. The fraction of sp³-hybridized carbons (Fsp3) is 0.350. The van der Waals surface area contributed by atoms with E-state index in [0.29, 0.717) is 5.69 Å². The van der Waals surface area contributed by atoms with E-state index in [4.69, 9.17) is 4.74 Å². The minimum atomic E-state index is -0.396. The number of carbonyl (C=O) groups is 1. The minimum Gasteiger partial charge on any atom is -0.506 e. The first-order valence-corrected chi connectivity index (χ1v) is 8.53. The molecule has 0 aromatic heterocycles. The fourth-order valence-electron chi connectivity index (χ4n) is 3.24. The lowest BCUT2D eigenvalue weighted by Crippen LogP contribution is -2.42. The number of hydrogen-bond acceptors (Lipinski definition) is 3. The maximum absolute atomic E-state index is 12.8. The quantitative estimate of drug-likeness (QED) is 0.872. The standard InChI is InChI=1S/C20H23NO3/c22-19-14-8-7-13-18(19)21(17-11-5-2-6-12-17)20(23)24-15-16-9-3-1-4-10-16/h1,3-4,7-10,13-14,17,22H,2,5-6,11-12,15H2. The van der Waals surface area contributed by atoms with Crippen molar-refractivity contribution in [2.24, 2.45) is 0 Å². The van der Waals surface area contributed by atoms with Gasteiger partial charge in [-0.25, -0.2) is 4.79 Å². The van der Waals surface area contributed by atoms with E-state index in [1.807, 2.05) is 36.4 Å². The summed E-state index contributed by atoms with van der Waals surface area (Å²) in [6, 6.07) is 16.7. The maximum atomic E-state index is 12.8. The van der Waals surface area contributed by atoms with Crippen molar-refractivity contribution in [2.75, 3.05) is 4.90 Å². The van der Waals surface area contributed by atoms with Crippen LogP contribution in [0.25, 0.3) is 0 Å². The number of ether oxygens (including phenoxy) is 1. The van der Waals surface area contributed by atoms with Crippen LogP contribution in [-0.4, -0.2) is 17.2 Å². The SMILES string of the molecule is O=C(OCc1ccccc1)N(c1ccccc1O)C1CCCCC1. The molecule has 0 bridgehead atoms. The van der Waals surface area contributed by atoms with Crippen molar-refractivity contribution in [2.45, 2.75) is 44.8 Å². The Bertz CT molecular complexity index is 666. The van der Waals surface area contributed by atoms with Gasteiger partial charge in [-0.3, -0.25) is 4.90 Å². The molecular formula is C20H23NO3. The lowest BCUT2D eigenvalue weighted by atomic mass is 9.94. The number of phenols is 1. The summed E-state index contributed by atoms with van der Waals surface area (Å²) in [5.41, 5.74) is 1.48. The molecule has 0 radical (unpaired) electrons. The second kappa shape index (κ2) is 7.86. The average molecular weight is 325 g/mol. The molecule has 2 aromatic rings. The smallest absolute Gasteiger partial charge is 0.415 e. The topological polar surface area (TPSA) is 49.8 Å². The number of nitrogens with zero attached hydrogens (tertiary/aromatic N) is 1. The van der Waals surface area contributed by atoms with E-state index in [0.717, 1.165) is 31.2 Å². The molecule has 24 heavy (non-hydrogen) atoms. The van der Waals surface area contributed by atoms with Crippen LogP contribution in [0.15, 0.2) is 54.6 Å². The molecule has 2 aromatic carbocycles. The molecule has 0 unspecified atom stereocenters. The lowest BCUT2D eigenvalue weighted by Gasteiger charge is -2.33. The van der Waals surface area contributed by atoms with Gasteiger partial charge in [0, 0.05) is 6.04 Å². The van der Waals surface area contributed by atoms with Crippen LogP contribution in [0.1, 0.15) is 37.7 Å². The monoisotopic (exact) mass is 325 g/mol. The van der Waals surface area contributed by atoms with Crippen molar-refractivity contribution >= 4 is 11.8 Å². The summed E-state index contributed by atoms with van der Waals surface area (Å²) in [4.78, 5) is 14.4. The average Bonchev–Trinajstić information content (AvgIpc) is 2.64. The zero-order chi connectivity index (χ0) is 16.8. The van der Waals surface area contributed by atoms with Crippen molar-refractivity contribution in [1.29, 1.82) is 0 Å². The summed E-state index contributed by atoms with van der Waals surface area (Å²) >= 11 is 0. The molecule has 1 fully saturated rings. The molecule has 126 valence electrons. The molecule has 3 rings (SSSR count). The number of carbonyl (C=O) groups excluding carboxylic acids is 1. The van der Waals surface area contributed by atoms with Crippen molar-refractivity contribution in [3.8, 4) is 5.75 Å². The molecule has 0 aliphatic heterocycles. The number of para-hydroxylation sites is 2. The van der Waals surface area contributed by atoms with E-state index in [1.54, 1.807) is 23.1 Å². The summed E-state index contributed by atoms with van der Waals surface area (Å²) < 4.78 is 5.53. The third-order valence-electron chi connectivity index (χ3n) is 4.48. The number of amides is 1. The Balaban J connectivity index is 1.78. The maximum Gasteiger partial charge on any atom is 0.415 e. The Morgan fingerprint density at radius 2 is 1.67 bits per heavy atom. The van der Waals surface area contributed by atoms with Crippen LogP contribution in [0.4, 0.5) is 10.5 Å². The molecule has 0 saturated heterocycles. The van der Waals surface area contributed by atoms with Crippen LogP contribution < -0.4 is 4.90 Å². The molecule has 0 heterocycles. The van der Waals surface area contributed by atoms with E-state index in [9.17, 15) is 9.90 Å². The number of benzene rings is 2. The first-order valence-electron chi connectivity index (χ1n) is 8.53. The van der Waals surface area contributed by atoms with Gasteiger partial charge in [-0.1, -0.05) is 61.7 Å². The lowest BCUT2D eigenvalue weighted by molar-refractivity contribution is 0.142. The van der Waals surface area contributed by atoms with Gasteiger partial charge in [-0.2, -0.15) is 0 Å². The van der Waals surface area contributed by atoms with Crippen LogP contribution in [0.2, 0.25) is 0 Å². The van der Waals surface area contributed by atoms with Crippen LogP contribution in [0.3, 0.4) is 0 Å². The molecule has 1 aliphatic carbocycles. The van der Waals surface area contributed by atoms with Gasteiger partial charge in [-0.05, 0) is 30.5 Å². The van der Waals surface area contributed by atoms with Crippen LogP contribution in [0, 0.1) is 0 Å². The second-order valence-corrected chi connectivity index (χ2v) is 6.19. The van der Waals surface area contributed by atoms with Crippen LogP contribution in [0.5, 0.6) is 5.75 Å². The number of anilines is 1. The summed E-state index contributed by atoms with van der Waals surface area (Å²) in [7, 11) is 0. The number of aromatic hydroxyl groups is 1. The number of hydrogen-bond donors (Lipinski definition) is 1. The highest BCUT2D eigenvalue weighted by molar-refractivity contribution is 5.90. The third kappa shape index (κ3) is 3.88. The Labute approximate surface area is 142 Å². The molecule has 1 aliphatic rings. The Morgan fingerprint density at radius 1 is 1.00 bits per heavy atom. The minimum absolute atomic E-state index is 0.0790. The van der Waals surface area contributed by atoms with Crippen molar-refractivity contribution in [3.63, 3.8) is 0 Å². The Hall–Kier alpha value is -2.49. The van der Waals surface area contributed by atoms with Crippen LogP contribution >= 0.6 is 0 Å². The molecule has 1 amide bonds. The highest BCUT2D eigenvalue weighted by Crippen LogP contribution is 2.33. The predicted molar refractivity (Wildman–Crippen MR) is 94.1 cm³/mol. The van der Waals surface area contributed by atoms with Gasteiger partial charge in [0.1, 0.15) is 12.4 Å². The first-order chi connectivity index (χ1) is 11.8. The van der Waals surface area contributed by atoms with E-state index in [1.165, 1.54) is 6.42 Å². The van der Waals surface area contributed by atoms with Gasteiger partial charge >= 0.3 is 6.09 Å². The summed E-state index contributed by atoms with van der Waals surface area (Å²) in [6.07, 6.45) is 4.88. The van der Waals surface area contributed by atoms with E-state index >= 15 is 0 Å². The van der Waals surface area contributed by atoms with Crippen molar-refractivity contribution in [3.05, 3.63) is 60.2 Å². The largest absolute Gasteiger partial charge is 0.506 e.